The summed E-state index contributed by atoms with van der Waals surface area (Å²) in [6.45, 7) is 3.48. The van der Waals surface area contributed by atoms with E-state index in [-0.39, 0.29) is 11.6 Å². The number of likely N-dealkylation sites (tertiary alicyclic amines) is 1. The number of H-pyrrole nitrogens is 1. The highest BCUT2D eigenvalue weighted by molar-refractivity contribution is 5.86. The number of β-amino-alcohol motifs (C(OH)–C–C–N with tert-alkyl or cyclic N) is 1. The summed E-state index contributed by atoms with van der Waals surface area (Å²) in [4.78, 5) is 13.1. The Morgan fingerprint density at radius 2 is 2.36 bits per heavy atom. The maximum absolute atomic E-state index is 11.1. The first kappa shape index (κ1) is 14.7. The topological polar surface area (TPSA) is 115 Å². The SMILES string of the molecule is Cc1cc(C[C@@H]2CN(Cc3cn[nH]c3C(=O)O)C[C@@H]2O)on1. The van der Waals surface area contributed by atoms with Gasteiger partial charge in [0.1, 0.15) is 11.5 Å². The maximum atomic E-state index is 11.1. The van der Waals surface area contributed by atoms with Crippen LogP contribution < -0.4 is 0 Å². The molecule has 1 fully saturated rings. The molecule has 2 atom stereocenters. The number of nitrogens with one attached hydrogen (secondary N) is 1. The number of aromatic nitrogens is 3. The van der Waals surface area contributed by atoms with Crippen molar-refractivity contribution in [2.45, 2.75) is 26.0 Å². The van der Waals surface area contributed by atoms with Crippen LogP contribution in [-0.4, -0.2) is 55.6 Å². The summed E-state index contributed by atoms with van der Waals surface area (Å²) in [5, 5.41) is 29.4. The van der Waals surface area contributed by atoms with E-state index in [1.807, 2.05) is 17.9 Å². The van der Waals surface area contributed by atoms with Gasteiger partial charge in [0.15, 0.2) is 0 Å². The maximum Gasteiger partial charge on any atom is 0.354 e. The van der Waals surface area contributed by atoms with E-state index in [9.17, 15) is 9.90 Å². The molecule has 3 rings (SSSR count). The molecule has 0 aromatic carbocycles. The van der Waals surface area contributed by atoms with Crippen molar-refractivity contribution >= 4 is 5.97 Å². The van der Waals surface area contributed by atoms with Gasteiger partial charge in [0.25, 0.3) is 0 Å². The standard InChI is InChI=1S/C14H18N4O4/c1-8-2-11(22-17-8)3-9-5-18(7-12(9)19)6-10-4-15-16-13(10)14(20)21/h2,4,9,12,19H,3,5-7H2,1H3,(H,15,16)(H,20,21)/t9-,12+/m1/s1. The van der Waals surface area contributed by atoms with Crippen LogP contribution >= 0.6 is 0 Å². The predicted octanol–water partition coefficient (Wildman–Crippen LogP) is 0.440. The van der Waals surface area contributed by atoms with Crippen molar-refractivity contribution in [3.8, 4) is 0 Å². The Labute approximate surface area is 126 Å². The number of aromatic amines is 1. The van der Waals surface area contributed by atoms with E-state index in [1.54, 1.807) is 0 Å². The lowest BCUT2D eigenvalue weighted by atomic mass is 10.0. The molecule has 0 bridgehead atoms. The predicted molar refractivity (Wildman–Crippen MR) is 75.3 cm³/mol. The molecule has 3 N–H and O–H groups in total. The van der Waals surface area contributed by atoms with Crippen molar-refractivity contribution in [3.05, 3.63) is 35.0 Å². The zero-order valence-corrected chi connectivity index (χ0v) is 12.2. The Bertz CT molecular complexity index is 665. The molecular weight excluding hydrogens is 288 g/mol. The second-order valence-electron chi connectivity index (χ2n) is 5.74. The summed E-state index contributed by atoms with van der Waals surface area (Å²) in [5.41, 5.74) is 1.54. The first-order chi connectivity index (χ1) is 10.5. The van der Waals surface area contributed by atoms with Crippen LogP contribution in [0, 0.1) is 12.8 Å². The first-order valence-corrected chi connectivity index (χ1v) is 7.11. The summed E-state index contributed by atoms with van der Waals surface area (Å²) in [7, 11) is 0. The Balaban J connectivity index is 1.63. The lowest BCUT2D eigenvalue weighted by Gasteiger charge is -2.14. The number of carbonyl (C=O) groups is 1. The molecule has 0 aliphatic carbocycles. The quantitative estimate of drug-likeness (QED) is 0.734. The van der Waals surface area contributed by atoms with E-state index < -0.39 is 12.1 Å². The number of aryl methyl sites for hydroxylation is 1. The normalized spacial score (nSPS) is 22.3. The molecule has 1 aliphatic rings. The lowest BCUT2D eigenvalue weighted by Crippen LogP contribution is -2.22. The minimum Gasteiger partial charge on any atom is -0.477 e. The van der Waals surface area contributed by atoms with Gasteiger partial charge in [-0.15, -0.1) is 0 Å². The Morgan fingerprint density at radius 3 is 3.05 bits per heavy atom. The average Bonchev–Trinajstić information content (AvgIpc) is 3.13. The summed E-state index contributed by atoms with van der Waals surface area (Å²) in [5.74, 6) is -0.216. The zero-order valence-electron chi connectivity index (χ0n) is 12.2. The van der Waals surface area contributed by atoms with Crippen LogP contribution in [0.1, 0.15) is 27.5 Å². The number of rotatable bonds is 5. The van der Waals surface area contributed by atoms with Crippen molar-refractivity contribution in [2.24, 2.45) is 5.92 Å². The molecular formula is C14H18N4O4. The summed E-state index contributed by atoms with van der Waals surface area (Å²) < 4.78 is 5.19. The molecule has 8 nitrogen and oxygen atoms in total. The molecule has 3 heterocycles. The van der Waals surface area contributed by atoms with Gasteiger partial charge in [0.05, 0.1) is 18.0 Å². The van der Waals surface area contributed by atoms with Crippen molar-refractivity contribution in [1.82, 2.24) is 20.3 Å². The molecule has 0 unspecified atom stereocenters. The third-order valence-corrected chi connectivity index (χ3v) is 3.95. The number of hydrogen-bond acceptors (Lipinski definition) is 6. The van der Waals surface area contributed by atoms with Crippen LogP contribution in [0.25, 0.3) is 0 Å². The van der Waals surface area contributed by atoms with E-state index in [4.69, 9.17) is 9.63 Å². The molecule has 118 valence electrons. The molecule has 2 aromatic rings. The third kappa shape index (κ3) is 3.02. The van der Waals surface area contributed by atoms with E-state index in [1.165, 1.54) is 6.20 Å². The van der Waals surface area contributed by atoms with Crippen molar-refractivity contribution in [1.29, 1.82) is 0 Å². The van der Waals surface area contributed by atoms with Crippen LogP contribution in [-0.2, 0) is 13.0 Å². The fourth-order valence-electron chi connectivity index (χ4n) is 2.90. The minimum absolute atomic E-state index is 0.0486. The van der Waals surface area contributed by atoms with Crippen LogP contribution in [0.15, 0.2) is 16.8 Å². The van der Waals surface area contributed by atoms with Crippen molar-refractivity contribution in [2.75, 3.05) is 13.1 Å². The fraction of sp³-hybridized carbons (Fsp3) is 0.500. The van der Waals surface area contributed by atoms with Gasteiger partial charge >= 0.3 is 5.97 Å². The van der Waals surface area contributed by atoms with Gasteiger partial charge in [0.2, 0.25) is 0 Å². The number of carboxylic acid groups (broad SMARTS) is 1. The van der Waals surface area contributed by atoms with E-state index in [0.717, 1.165) is 11.5 Å². The highest BCUT2D eigenvalue weighted by atomic mass is 16.5. The number of hydrogen-bond donors (Lipinski definition) is 3. The molecule has 1 aliphatic heterocycles. The van der Waals surface area contributed by atoms with Crippen LogP contribution in [0.3, 0.4) is 0 Å². The van der Waals surface area contributed by atoms with Crippen LogP contribution in [0.2, 0.25) is 0 Å². The molecule has 1 saturated heterocycles. The van der Waals surface area contributed by atoms with Gasteiger partial charge in [-0.05, 0) is 6.92 Å². The number of carboxylic acids is 1. The molecule has 0 amide bonds. The summed E-state index contributed by atoms with van der Waals surface area (Å²) in [6.07, 6.45) is 1.67. The highest BCUT2D eigenvalue weighted by Crippen LogP contribution is 2.24. The first-order valence-electron chi connectivity index (χ1n) is 7.11. The van der Waals surface area contributed by atoms with Crippen LogP contribution in [0.5, 0.6) is 0 Å². The van der Waals surface area contributed by atoms with Gasteiger partial charge in [-0.2, -0.15) is 5.10 Å². The van der Waals surface area contributed by atoms with Gasteiger partial charge in [-0.1, -0.05) is 5.16 Å². The number of aliphatic hydroxyl groups is 1. The highest BCUT2D eigenvalue weighted by Gasteiger charge is 2.33. The molecule has 0 saturated carbocycles. The Kier molecular flexibility index (Phi) is 3.95. The molecule has 2 aromatic heterocycles. The van der Waals surface area contributed by atoms with E-state index in [0.29, 0.717) is 31.6 Å². The fourth-order valence-corrected chi connectivity index (χ4v) is 2.90. The third-order valence-electron chi connectivity index (χ3n) is 3.95. The smallest absolute Gasteiger partial charge is 0.354 e. The van der Waals surface area contributed by atoms with Crippen molar-refractivity contribution in [3.63, 3.8) is 0 Å². The van der Waals surface area contributed by atoms with Crippen molar-refractivity contribution < 1.29 is 19.5 Å². The largest absolute Gasteiger partial charge is 0.477 e. The van der Waals surface area contributed by atoms with Gasteiger partial charge in [-0.25, -0.2) is 4.79 Å². The number of nitrogens with zero attached hydrogens (tertiary/aromatic N) is 3. The summed E-state index contributed by atoms with van der Waals surface area (Å²) in [6, 6.07) is 1.87. The zero-order chi connectivity index (χ0) is 15.7. The van der Waals surface area contributed by atoms with E-state index in [2.05, 4.69) is 15.4 Å². The minimum atomic E-state index is -1.03. The molecule has 8 heteroatoms. The van der Waals surface area contributed by atoms with Crippen LogP contribution in [0.4, 0.5) is 0 Å². The average molecular weight is 306 g/mol. The molecule has 0 radical (unpaired) electrons. The lowest BCUT2D eigenvalue weighted by molar-refractivity contribution is 0.0688. The Hall–Kier alpha value is -2.19. The number of aliphatic hydroxyl groups excluding tert-OH is 1. The van der Waals surface area contributed by atoms with Gasteiger partial charge < -0.3 is 14.7 Å². The summed E-state index contributed by atoms with van der Waals surface area (Å²) >= 11 is 0. The molecule has 0 spiro atoms. The number of aromatic carboxylic acids is 1. The second kappa shape index (κ2) is 5.90. The van der Waals surface area contributed by atoms with E-state index >= 15 is 0 Å². The monoisotopic (exact) mass is 306 g/mol. The molecule has 22 heavy (non-hydrogen) atoms. The van der Waals surface area contributed by atoms with Gasteiger partial charge in [-0.3, -0.25) is 10.00 Å². The van der Waals surface area contributed by atoms with Gasteiger partial charge in [0, 0.05) is 43.6 Å². The second-order valence-corrected chi connectivity index (χ2v) is 5.74. The Morgan fingerprint density at radius 1 is 1.55 bits per heavy atom.